The molecule has 1 aliphatic rings. The molecule has 0 saturated carbocycles. The third-order valence-corrected chi connectivity index (χ3v) is 0.903. The van der Waals surface area contributed by atoms with Crippen molar-refractivity contribution >= 4 is 18.0 Å². The highest BCUT2D eigenvalue weighted by molar-refractivity contribution is 6.38. The van der Waals surface area contributed by atoms with Crippen molar-refractivity contribution < 1.29 is 14.5 Å². The minimum atomic E-state index is -0.225. The Balaban J connectivity index is 2.54. The van der Waals surface area contributed by atoms with Gasteiger partial charge < -0.3 is 14.5 Å². The highest BCUT2D eigenvalue weighted by Crippen LogP contribution is 1.77. The lowest BCUT2D eigenvalue weighted by atomic mass is 10.4. The van der Waals surface area contributed by atoms with E-state index in [9.17, 15) is 4.79 Å². The average molecular weight is 126 g/mol. The standard InChI is InChI=1S/C5H6N2O2/c1-9-2-4-5(8)7-3-6-4/h7H,2H2,1H3. The van der Waals surface area contributed by atoms with Gasteiger partial charge in [-0.2, -0.15) is 4.99 Å². The summed E-state index contributed by atoms with van der Waals surface area (Å²) in [5.41, 5.74) is 0.373. The van der Waals surface area contributed by atoms with Crippen molar-refractivity contribution in [3.8, 4) is 0 Å². The van der Waals surface area contributed by atoms with Crippen LogP contribution in [0.3, 0.4) is 0 Å². The maximum absolute atomic E-state index is 10.6. The summed E-state index contributed by atoms with van der Waals surface area (Å²) < 4.78 is 4.66. The molecule has 0 saturated heterocycles. The normalized spacial score (nSPS) is 16.6. The number of nitrogens with zero attached hydrogens (tertiary/aromatic N) is 1. The van der Waals surface area contributed by atoms with Crippen molar-refractivity contribution in [1.82, 2.24) is 0 Å². The molecule has 1 aliphatic heterocycles. The first-order valence-corrected chi connectivity index (χ1v) is 2.45. The number of amides is 1. The Morgan fingerprint density at radius 1 is 1.89 bits per heavy atom. The van der Waals surface area contributed by atoms with Crippen LogP contribution in [0.15, 0.2) is 4.99 Å². The largest absolute Gasteiger partial charge is 0.389 e. The van der Waals surface area contributed by atoms with E-state index >= 15 is 0 Å². The fraction of sp³-hybridized carbons (Fsp3) is 0.400. The predicted octanol–water partition coefficient (Wildman–Crippen LogP) is -2.40. The number of rotatable bonds is 2. The second kappa shape index (κ2) is 2.50. The zero-order chi connectivity index (χ0) is 6.69. The summed E-state index contributed by atoms with van der Waals surface area (Å²) >= 11 is 0. The smallest absolute Gasteiger partial charge is 0.247 e. The summed E-state index contributed by atoms with van der Waals surface area (Å²) in [5, 5.41) is 0. The molecular formula is C5H6N2O2. The van der Waals surface area contributed by atoms with Gasteiger partial charge in [-0.25, -0.2) is 0 Å². The molecule has 0 spiro atoms. The van der Waals surface area contributed by atoms with E-state index in [2.05, 4.69) is 21.1 Å². The molecule has 48 valence electrons. The summed E-state index contributed by atoms with van der Waals surface area (Å²) in [5.74, 6) is -0.225. The zero-order valence-corrected chi connectivity index (χ0v) is 4.97. The molecular weight excluding hydrogens is 120 g/mol. The number of carbonyl (C=O) groups is 1. The number of methoxy groups -OCH3 is 1. The SMILES string of the molecule is COCC1=N[C-]=[NH+]C1=O. The topological polar surface area (TPSA) is 52.6 Å². The molecule has 0 aromatic heterocycles. The molecule has 0 aromatic rings. The van der Waals surface area contributed by atoms with Gasteiger partial charge in [-0.1, -0.05) is 0 Å². The lowest BCUT2D eigenvalue weighted by Crippen LogP contribution is -2.73. The summed E-state index contributed by atoms with van der Waals surface area (Å²) in [6, 6.07) is 0. The first kappa shape index (κ1) is 6.10. The van der Waals surface area contributed by atoms with Crippen LogP contribution in [0.2, 0.25) is 0 Å². The van der Waals surface area contributed by atoms with E-state index in [0.29, 0.717) is 5.71 Å². The molecule has 1 N–H and O–H groups in total. The fourth-order valence-corrected chi connectivity index (χ4v) is 0.504. The van der Waals surface area contributed by atoms with E-state index in [1.807, 2.05) is 0 Å². The second-order valence-electron chi connectivity index (χ2n) is 1.56. The predicted molar refractivity (Wildman–Crippen MR) is 30.3 cm³/mol. The molecule has 4 heteroatoms. The molecule has 1 amide bonds. The summed E-state index contributed by atoms with van der Waals surface area (Å²) in [4.78, 5) is 16.4. The minimum Gasteiger partial charge on any atom is -0.389 e. The van der Waals surface area contributed by atoms with Crippen molar-refractivity contribution in [2.24, 2.45) is 4.99 Å². The Hall–Kier alpha value is -1.03. The lowest BCUT2D eigenvalue weighted by Gasteiger charge is -1.94. The molecule has 0 atom stereocenters. The van der Waals surface area contributed by atoms with Crippen LogP contribution in [0, 0.1) is 0 Å². The van der Waals surface area contributed by atoms with Gasteiger partial charge >= 0.3 is 0 Å². The summed E-state index contributed by atoms with van der Waals surface area (Å²) in [6.07, 6.45) is 2.32. The maximum Gasteiger partial charge on any atom is 0.247 e. The van der Waals surface area contributed by atoms with Gasteiger partial charge in [0.05, 0.1) is 6.61 Å². The van der Waals surface area contributed by atoms with E-state index in [-0.39, 0.29) is 12.5 Å². The third kappa shape index (κ3) is 1.20. The molecule has 1 heterocycles. The van der Waals surface area contributed by atoms with Gasteiger partial charge in [0.25, 0.3) is 0 Å². The van der Waals surface area contributed by atoms with Gasteiger partial charge in [-0.3, -0.25) is 0 Å². The van der Waals surface area contributed by atoms with Crippen molar-refractivity contribution in [1.29, 1.82) is 0 Å². The molecule has 0 bridgehead atoms. The Morgan fingerprint density at radius 3 is 3.11 bits per heavy atom. The second-order valence-corrected chi connectivity index (χ2v) is 1.56. The Bertz CT molecular complexity index is 183. The number of hydrogen-bond acceptors (Lipinski definition) is 3. The lowest BCUT2D eigenvalue weighted by molar-refractivity contribution is -0.360. The molecule has 9 heavy (non-hydrogen) atoms. The molecule has 0 aliphatic carbocycles. The Kier molecular flexibility index (Phi) is 1.69. The van der Waals surface area contributed by atoms with Crippen molar-refractivity contribution in [2.45, 2.75) is 0 Å². The Labute approximate surface area is 52.3 Å². The van der Waals surface area contributed by atoms with Gasteiger partial charge in [0.2, 0.25) is 12.2 Å². The summed E-state index contributed by atoms with van der Waals surface area (Å²) in [7, 11) is 1.51. The van der Waals surface area contributed by atoms with Crippen LogP contribution in [-0.4, -0.2) is 31.7 Å². The fourth-order valence-electron chi connectivity index (χ4n) is 0.504. The number of hydrogen-bond donors (Lipinski definition) is 1. The van der Waals surface area contributed by atoms with Gasteiger partial charge in [-0.15, -0.1) is 0 Å². The van der Waals surface area contributed by atoms with Crippen LogP contribution in [0.4, 0.5) is 0 Å². The average Bonchev–Trinajstić information content (AvgIpc) is 2.18. The van der Waals surface area contributed by atoms with Crippen molar-refractivity contribution in [3.05, 3.63) is 0 Å². The number of nitrogens with one attached hydrogen (secondary N) is 1. The molecule has 0 fully saturated rings. The number of carbonyl (C=O) groups excluding carboxylic acids is 1. The maximum atomic E-state index is 10.6. The highest BCUT2D eigenvalue weighted by Gasteiger charge is 2.08. The quantitative estimate of drug-likeness (QED) is 0.419. The van der Waals surface area contributed by atoms with Crippen molar-refractivity contribution in [3.63, 3.8) is 0 Å². The van der Waals surface area contributed by atoms with E-state index < -0.39 is 0 Å². The molecule has 0 aromatic carbocycles. The highest BCUT2D eigenvalue weighted by atomic mass is 16.5. The number of aliphatic imine (C=N–C) groups is 1. The third-order valence-electron chi connectivity index (χ3n) is 0.903. The van der Waals surface area contributed by atoms with Gasteiger partial charge in [-0.05, 0) is 0 Å². The van der Waals surface area contributed by atoms with Gasteiger partial charge in [0.1, 0.15) is 5.71 Å². The molecule has 4 nitrogen and oxygen atoms in total. The van der Waals surface area contributed by atoms with E-state index in [1.54, 1.807) is 0 Å². The minimum absolute atomic E-state index is 0.225. The van der Waals surface area contributed by atoms with Gasteiger partial charge in [0.15, 0.2) is 0 Å². The van der Waals surface area contributed by atoms with Gasteiger partial charge in [0, 0.05) is 7.11 Å². The number of ether oxygens (including phenoxy) is 1. The first-order chi connectivity index (χ1) is 4.34. The van der Waals surface area contributed by atoms with E-state index in [4.69, 9.17) is 0 Å². The van der Waals surface area contributed by atoms with Crippen LogP contribution in [-0.2, 0) is 9.53 Å². The van der Waals surface area contributed by atoms with Crippen LogP contribution >= 0.6 is 0 Å². The Morgan fingerprint density at radius 2 is 2.67 bits per heavy atom. The van der Waals surface area contributed by atoms with E-state index in [1.165, 1.54) is 7.11 Å². The first-order valence-electron chi connectivity index (χ1n) is 2.45. The van der Waals surface area contributed by atoms with Crippen LogP contribution in [0.5, 0.6) is 0 Å². The molecule has 0 radical (unpaired) electrons. The van der Waals surface area contributed by atoms with Crippen LogP contribution < -0.4 is 4.99 Å². The van der Waals surface area contributed by atoms with Crippen molar-refractivity contribution in [2.75, 3.05) is 13.7 Å². The van der Waals surface area contributed by atoms with Crippen LogP contribution in [0.25, 0.3) is 0 Å². The zero-order valence-electron chi connectivity index (χ0n) is 4.97. The molecule has 1 rings (SSSR count). The molecule has 0 unspecified atom stereocenters. The summed E-state index contributed by atoms with van der Waals surface area (Å²) in [6.45, 7) is 0.249. The van der Waals surface area contributed by atoms with Crippen LogP contribution in [0.1, 0.15) is 0 Å². The van der Waals surface area contributed by atoms with E-state index in [0.717, 1.165) is 0 Å². The monoisotopic (exact) mass is 126 g/mol.